The largest absolute Gasteiger partial charge is 0.465 e. The first kappa shape index (κ1) is 13.3. The third kappa shape index (κ3) is 2.49. The van der Waals surface area contributed by atoms with Gasteiger partial charge in [-0.1, -0.05) is 27.5 Å². The Morgan fingerprint density at radius 1 is 1.69 bits per heavy atom. The van der Waals surface area contributed by atoms with Crippen molar-refractivity contribution in [3.05, 3.63) is 28.0 Å². The number of ether oxygens (including phenoxy) is 1. The van der Waals surface area contributed by atoms with Crippen LogP contribution in [0.1, 0.15) is 28.0 Å². The number of nitrogens with zero attached hydrogens (tertiary/aromatic N) is 1. The average Bonchev–Trinajstić information content (AvgIpc) is 2.27. The maximum Gasteiger partial charge on any atom is 0.339 e. The molecule has 0 atom stereocenters. The highest BCUT2D eigenvalue weighted by Crippen LogP contribution is 2.30. The SMILES string of the molecule is COC(=O)c1c(C(F)F)cnc(CBr)c1Cl. The molecular weight excluding hydrogens is 307 g/mol. The Morgan fingerprint density at radius 3 is 2.75 bits per heavy atom. The Kier molecular flexibility index (Phi) is 4.61. The van der Waals surface area contributed by atoms with E-state index in [-0.39, 0.29) is 15.9 Å². The van der Waals surface area contributed by atoms with E-state index in [9.17, 15) is 13.6 Å². The van der Waals surface area contributed by atoms with Crippen LogP contribution in [0.25, 0.3) is 0 Å². The summed E-state index contributed by atoms with van der Waals surface area (Å²) in [6.45, 7) is 0. The molecule has 0 radical (unpaired) electrons. The van der Waals surface area contributed by atoms with Crippen LogP contribution in [-0.2, 0) is 10.1 Å². The number of hydrogen-bond acceptors (Lipinski definition) is 3. The molecule has 0 unspecified atom stereocenters. The Bertz CT molecular complexity index is 415. The van der Waals surface area contributed by atoms with Gasteiger partial charge in [0.2, 0.25) is 0 Å². The van der Waals surface area contributed by atoms with Gasteiger partial charge in [0.15, 0.2) is 0 Å². The normalized spacial score (nSPS) is 10.6. The molecule has 1 rings (SSSR count). The topological polar surface area (TPSA) is 39.2 Å². The predicted octanol–water partition coefficient (Wildman–Crippen LogP) is 3.35. The fourth-order valence-electron chi connectivity index (χ4n) is 1.11. The summed E-state index contributed by atoms with van der Waals surface area (Å²) in [4.78, 5) is 15.1. The summed E-state index contributed by atoms with van der Waals surface area (Å²) >= 11 is 8.89. The number of aromatic nitrogens is 1. The number of carbonyl (C=O) groups excluding carboxylic acids is 1. The second-order valence-electron chi connectivity index (χ2n) is 2.78. The van der Waals surface area contributed by atoms with Crippen LogP contribution in [0.3, 0.4) is 0 Å². The summed E-state index contributed by atoms with van der Waals surface area (Å²) in [7, 11) is 1.10. The molecule has 0 saturated heterocycles. The predicted molar refractivity (Wildman–Crippen MR) is 58.2 cm³/mol. The van der Waals surface area contributed by atoms with Gasteiger partial charge in [-0.05, 0) is 0 Å². The lowest BCUT2D eigenvalue weighted by Crippen LogP contribution is -2.09. The minimum atomic E-state index is -2.83. The quantitative estimate of drug-likeness (QED) is 0.634. The molecule has 0 N–H and O–H groups in total. The van der Waals surface area contributed by atoms with E-state index in [2.05, 4.69) is 25.7 Å². The van der Waals surface area contributed by atoms with Crippen molar-refractivity contribution in [3.8, 4) is 0 Å². The highest BCUT2D eigenvalue weighted by molar-refractivity contribution is 9.08. The van der Waals surface area contributed by atoms with E-state index < -0.39 is 18.0 Å². The molecule has 0 fully saturated rings. The Balaban J connectivity index is 3.42. The van der Waals surface area contributed by atoms with Gasteiger partial charge in [0.25, 0.3) is 6.43 Å². The van der Waals surface area contributed by atoms with Gasteiger partial charge in [0.1, 0.15) is 0 Å². The molecule has 0 aromatic carbocycles. The molecule has 1 aromatic heterocycles. The molecule has 7 heteroatoms. The van der Waals surface area contributed by atoms with Gasteiger partial charge in [0, 0.05) is 11.5 Å². The van der Waals surface area contributed by atoms with E-state index in [1.807, 2.05) is 0 Å². The fourth-order valence-corrected chi connectivity index (χ4v) is 2.00. The van der Waals surface area contributed by atoms with Crippen molar-refractivity contribution in [3.63, 3.8) is 0 Å². The van der Waals surface area contributed by atoms with Gasteiger partial charge < -0.3 is 4.74 Å². The fraction of sp³-hybridized carbons (Fsp3) is 0.333. The minimum Gasteiger partial charge on any atom is -0.465 e. The number of esters is 1. The Labute approximate surface area is 104 Å². The number of pyridine rings is 1. The third-order valence-electron chi connectivity index (χ3n) is 1.87. The number of halogens is 4. The van der Waals surface area contributed by atoms with Gasteiger partial charge in [-0.25, -0.2) is 13.6 Å². The molecule has 88 valence electrons. The Morgan fingerprint density at radius 2 is 2.31 bits per heavy atom. The molecule has 0 aliphatic rings. The second-order valence-corrected chi connectivity index (χ2v) is 3.71. The molecule has 16 heavy (non-hydrogen) atoms. The van der Waals surface area contributed by atoms with Gasteiger partial charge in [0.05, 0.1) is 29.0 Å². The highest BCUT2D eigenvalue weighted by atomic mass is 79.9. The first-order chi connectivity index (χ1) is 7.52. The summed E-state index contributed by atoms with van der Waals surface area (Å²) in [5, 5.41) is 0.154. The molecule has 0 amide bonds. The number of alkyl halides is 3. The monoisotopic (exact) mass is 313 g/mol. The first-order valence-corrected chi connectivity index (χ1v) is 5.62. The number of rotatable bonds is 3. The number of carbonyl (C=O) groups is 1. The van der Waals surface area contributed by atoms with Crippen molar-refractivity contribution < 1.29 is 18.3 Å². The van der Waals surface area contributed by atoms with Crippen molar-refractivity contribution in [2.45, 2.75) is 11.8 Å². The van der Waals surface area contributed by atoms with Crippen LogP contribution in [-0.4, -0.2) is 18.1 Å². The van der Waals surface area contributed by atoms with Crippen molar-refractivity contribution in [1.29, 1.82) is 0 Å². The molecule has 0 spiro atoms. The van der Waals surface area contributed by atoms with Crippen LogP contribution in [0.2, 0.25) is 5.02 Å². The van der Waals surface area contributed by atoms with Gasteiger partial charge in [-0.3, -0.25) is 4.98 Å². The summed E-state index contributed by atoms with van der Waals surface area (Å²) in [6.07, 6.45) is -1.90. The molecule has 0 aliphatic carbocycles. The van der Waals surface area contributed by atoms with Crippen LogP contribution >= 0.6 is 27.5 Å². The first-order valence-electron chi connectivity index (χ1n) is 4.12. The lowest BCUT2D eigenvalue weighted by molar-refractivity contribution is 0.0589. The number of methoxy groups -OCH3 is 1. The molecule has 3 nitrogen and oxygen atoms in total. The molecule has 1 heterocycles. The van der Waals surface area contributed by atoms with E-state index in [1.165, 1.54) is 0 Å². The summed E-state index contributed by atoms with van der Waals surface area (Å²) in [6, 6.07) is 0. The Hall–Kier alpha value is -0.750. The standard InChI is InChI=1S/C9H7BrClF2NO2/c1-16-9(15)6-4(8(12)13)3-14-5(2-10)7(6)11/h3,8H,2H2,1H3. The molecule has 1 aromatic rings. The molecule has 0 saturated carbocycles. The van der Waals surface area contributed by atoms with Crippen molar-refractivity contribution in [1.82, 2.24) is 4.98 Å². The van der Waals surface area contributed by atoms with E-state index >= 15 is 0 Å². The van der Waals surface area contributed by atoms with Crippen LogP contribution < -0.4 is 0 Å². The van der Waals surface area contributed by atoms with Gasteiger partial charge in [-0.15, -0.1) is 0 Å². The van der Waals surface area contributed by atoms with Crippen LogP contribution in [0.5, 0.6) is 0 Å². The van der Waals surface area contributed by atoms with Crippen molar-refractivity contribution in [2.24, 2.45) is 0 Å². The molecular formula is C9H7BrClF2NO2. The maximum absolute atomic E-state index is 12.6. The van der Waals surface area contributed by atoms with Crippen molar-refractivity contribution in [2.75, 3.05) is 7.11 Å². The number of hydrogen-bond donors (Lipinski definition) is 0. The minimum absolute atomic E-state index is 0.110. The lowest BCUT2D eigenvalue weighted by atomic mass is 10.1. The van der Waals surface area contributed by atoms with E-state index in [0.717, 1.165) is 13.3 Å². The van der Waals surface area contributed by atoms with E-state index in [0.29, 0.717) is 5.69 Å². The zero-order valence-electron chi connectivity index (χ0n) is 8.14. The smallest absolute Gasteiger partial charge is 0.339 e. The van der Waals surface area contributed by atoms with E-state index in [4.69, 9.17) is 11.6 Å². The second kappa shape index (κ2) is 5.54. The van der Waals surface area contributed by atoms with Gasteiger partial charge >= 0.3 is 5.97 Å². The lowest BCUT2D eigenvalue weighted by Gasteiger charge is -2.10. The summed E-state index contributed by atoms with van der Waals surface area (Å²) < 4.78 is 29.7. The van der Waals surface area contributed by atoms with E-state index in [1.54, 1.807) is 0 Å². The maximum atomic E-state index is 12.6. The van der Waals surface area contributed by atoms with Crippen LogP contribution in [0, 0.1) is 0 Å². The summed E-state index contributed by atoms with van der Waals surface area (Å²) in [5.74, 6) is -0.898. The highest BCUT2D eigenvalue weighted by Gasteiger charge is 2.24. The van der Waals surface area contributed by atoms with Gasteiger partial charge in [-0.2, -0.15) is 0 Å². The van der Waals surface area contributed by atoms with Crippen LogP contribution in [0.4, 0.5) is 8.78 Å². The zero-order chi connectivity index (χ0) is 12.3. The third-order valence-corrected chi connectivity index (χ3v) is 2.81. The van der Waals surface area contributed by atoms with Crippen molar-refractivity contribution >= 4 is 33.5 Å². The summed E-state index contributed by atoms with van der Waals surface area (Å²) in [5.41, 5.74) is -0.545. The van der Waals surface area contributed by atoms with Crippen LogP contribution in [0.15, 0.2) is 6.20 Å². The molecule has 0 aliphatic heterocycles. The molecule has 0 bridgehead atoms. The average molecular weight is 315 g/mol. The zero-order valence-corrected chi connectivity index (χ0v) is 10.5.